The second-order valence-corrected chi connectivity index (χ2v) is 8.87. The van der Waals surface area contributed by atoms with Gasteiger partial charge in [0.1, 0.15) is 17.1 Å². The fourth-order valence-electron chi connectivity index (χ4n) is 3.41. The summed E-state index contributed by atoms with van der Waals surface area (Å²) in [6.45, 7) is 5.85. The van der Waals surface area contributed by atoms with Crippen LogP contribution >= 0.6 is 0 Å². The Morgan fingerprint density at radius 3 is 2.51 bits per heavy atom. The molecule has 0 aliphatic heterocycles. The third-order valence-corrected chi connectivity index (χ3v) is 4.99. The number of nitrogens with one attached hydrogen (secondary N) is 2. The summed E-state index contributed by atoms with van der Waals surface area (Å²) in [5.41, 5.74) is 1.30. The first-order chi connectivity index (χ1) is 16.6. The van der Waals surface area contributed by atoms with Gasteiger partial charge in [-0.15, -0.1) is 0 Å². The van der Waals surface area contributed by atoms with Gasteiger partial charge < -0.3 is 29.7 Å². The number of pyridine rings is 2. The number of carbonyl (C=O) groups excluding carboxylic acids is 2. The number of nitrogens with zero attached hydrogens (tertiary/aromatic N) is 3. The Labute approximate surface area is 204 Å². The second-order valence-electron chi connectivity index (χ2n) is 8.87. The number of ether oxygens (including phenoxy) is 3. The summed E-state index contributed by atoms with van der Waals surface area (Å²) in [7, 11) is 4.77. The van der Waals surface area contributed by atoms with Crippen molar-refractivity contribution in [2.24, 2.45) is 0 Å². The number of carbonyl (C=O) groups is 2. The van der Waals surface area contributed by atoms with Crippen LogP contribution < -0.4 is 20.1 Å². The Hall–Kier alpha value is -4.08. The zero-order valence-electron chi connectivity index (χ0n) is 20.8. The van der Waals surface area contributed by atoms with E-state index in [4.69, 9.17) is 14.2 Å². The smallest absolute Gasteiger partial charge is 0.407 e. The number of aromatic nitrogens is 2. The number of amides is 3. The minimum Gasteiger partial charge on any atom is -0.497 e. The van der Waals surface area contributed by atoms with Crippen molar-refractivity contribution >= 4 is 28.6 Å². The Balaban J connectivity index is 1.91. The molecule has 0 saturated carbocycles. The number of hydrogen-bond donors (Lipinski definition) is 2. The molecule has 0 bridgehead atoms. The number of urea groups is 1. The number of rotatable bonds is 7. The molecule has 0 saturated heterocycles. The molecule has 0 fully saturated rings. The number of hydrogen-bond acceptors (Lipinski definition) is 7. The molecule has 10 nitrogen and oxygen atoms in total. The Bertz CT molecular complexity index is 1190. The summed E-state index contributed by atoms with van der Waals surface area (Å²) in [6, 6.07) is 6.91. The van der Waals surface area contributed by atoms with Crippen LogP contribution in [0.1, 0.15) is 32.0 Å². The lowest BCUT2D eigenvalue weighted by molar-refractivity contribution is 0.0523. The van der Waals surface area contributed by atoms with Crippen LogP contribution in [0.3, 0.4) is 0 Å². The standard InChI is InChI=1S/C25H31N5O5/c1-25(2,3)35-24(32)28-14-20-22-18(10-17(33-5)11-21(22)34-6)19(13-27-20)29-23(31)30(4)15-16-8-7-9-26-12-16/h7-13H,14-15H2,1-6H3,(H,28,32)(H,29,31). The van der Waals surface area contributed by atoms with Gasteiger partial charge in [0.05, 0.1) is 38.3 Å². The molecule has 0 spiro atoms. The van der Waals surface area contributed by atoms with Gasteiger partial charge in [0.2, 0.25) is 0 Å². The maximum atomic E-state index is 12.9. The lowest BCUT2D eigenvalue weighted by atomic mass is 10.1. The number of fused-ring (bicyclic) bond motifs is 1. The number of benzene rings is 1. The van der Waals surface area contributed by atoms with Crippen molar-refractivity contribution < 1.29 is 23.8 Å². The zero-order chi connectivity index (χ0) is 25.6. The van der Waals surface area contributed by atoms with E-state index in [1.165, 1.54) is 12.0 Å². The minimum atomic E-state index is -0.624. The van der Waals surface area contributed by atoms with Crippen LogP contribution in [0.25, 0.3) is 10.8 Å². The molecule has 0 atom stereocenters. The van der Waals surface area contributed by atoms with Crippen molar-refractivity contribution in [1.29, 1.82) is 0 Å². The topological polar surface area (TPSA) is 115 Å². The largest absolute Gasteiger partial charge is 0.497 e. The van der Waals surface area contributed by atoms with E-state index in [0.717, 1.165) is 5.56 Å². The summed E-state index contributed by atoms with van der Waals surface area (Å²) >= 11 is 0. The molecule has 0 aliphatic rings. The van der Waals surface area contributed by atoms with Crippen LogP contribution in [0.5, 0.6) is 11.5 Å². The Morgan fingerprint density at radius 2 is 1.89 bits per heavy atom. The quantitative estimate of drug-likeness (QED) is 0.516. The van der Waals surface area contributed by atoms with Gasteiger partial charge in [-0.3, -0.25) is 9.97 Å². The second kappa shape index (κ2) is 10.9. The maximum absolute atomic E-state index is 12.9. The zero-order valence-corrected chi connectivity index (χ0v) is 20.8. The summed E-state index contributed by atoms with van der Waals surface area (Å²) in [4.78, 5) is 35.2. The Kier molecular flexibility index (Phi) is 7.95. The predicted molar refractivity (Wildman–Crippen MR) is 133 cm³/mol. The first kappa shape index (κ1) is 25.5. The van der Waals surface area contributed by atoms with Gasteiger partial charge in [-0.25, -0.2) is 9.59 Å². The van der Waals surface area contributed by atoms with Crippen molar-refractivity contribution in [3.63, 3.8) is 0 Å². The molecule has 0 radical (unpaired) electrons. The number of alkyl carbamates (subject to hydrolysis) is 1. The monoisotopic (exact) mass is 481 g/mol. The lowest BCUT2D eigenvalue weighted by Gasteiger charge is -2.21. The van der Waals surface area contributed by atoms with Crippen molar-refractivity contribution in [3.8, 4) is 11.5 Å². The van der Waals surface area contributed by atoms with E-state index in [0.29, 0.717) is 40.2 Å². The van der Waals surface area contributed by atoms with E-state index in [2.05, 4.69) is 20.6 Å². The van der Waals surface area contributed by atoms with Crippen LogP contribution in [-0.2, 0) is 17.8 Å². The molecular formula is C25H31N5O5. The highest BCUT2D eigenvalue weighted by molar-refractivity contribution is 6.05. The van der Waals surface area contributed by atoms with Crippen molar-refractivity contribution in [2.75, 3.05) is 26.6 Å². The van der Waals surface area contributed by atoms with Gasteiger partial charge in [-0.05, 0) is 38.5 Å². The van der Waals surface area contributed by atoms with Crippen LogP contribution in [0, 0.1) is 0 Å². The van der Waals surface area contributed by atoms with E-state index in [-0.39, 0.29) is 12.6 Å². The van der Waals surface area contributed by atoms with Crippen LogP contribution in [0.4, 0.5) is 15.3 Å². The van der Waals surface area contributed by atoms with Gasteiger partial charge in [0.25, 0.3) is 0 Å². The third-order valence-electron chi connectivity index (χ3n) is 4.99. The fourth-order valence-corrected chi connectivity index (χ4v) is 3.41. The molecule has 2 aromatic heterocycles. The minimum absolute atomic E-state index is 0.100. The summed E-state index contributed by atoms with van der Waals surface area (Å²) in [5, 5.41) is 6.92. The summed E-state index contributed by atoms with van der Waals surface area (Å²) in [5.74, 6) is 1.04. The third kappa shape index (κ3) is 6.72. The summed E-state index contributed by atoms with van der Waals surface area (Å²) in [6.07, 6.45) is 4.38. The molecule has 35 heavy (non-hydrogen) atoms. The average molecular weight is 482 g/mol. The first-order valence-electron chi connectivity index (χ1n) is 11.0. The van der Waals surface area contributed by atoms with Gasteiger partial charge in [-0.1, -0.05) is 6.07 Å². The highest BCUT2D eigenvalue weighted by atomic mass is 16.6. The molecule has 2 heterocycles. The molecule has 2 N–H and O–H groups in total. The molecule has 186 valence electrons. The van der Waals surface area contributed by atoms with Crippen LogP contribution in [0.15, 0.2) is 42.9 Å². The van der Waals surface area contributed by atoms with E-state index >= 15 is 0 Å². The molecule has 3 amide bonds. The highest BCUT2D eigenvalue weighted by Gasteiger charge is 2.20. The first-order valence-corrected chi connectivity index (χ1v) is 11.0. The van der Waals surface area contributed by atoms with Crippen LogP contribution in [0.2, 0.25) is 0 Å². The predicted octanol–water partition coefficient (Wildman–Crippen LogP) is 4.34. The molecule has 1 aromatic carbocycles. The normalized spacial score (nSPS) is 11.0. The van der Waals surface area contributed by atoms with E-state index < -0.39 is 11.7 Å². The molecule has 3 rings (SSSR count). The fraction of sp³-hybridized carbons (Fsp3) is 0.360. The van der Waals surface area contributed by atoms with E-state index in [1.807, 2.05) is 12.1 Å². The number of anilines is 1. The molecular weight excluding hydrogens is 450 g/mol. The van der Waals surface area contributed by atoms with Gasteiger partial charge in [-0.2, -0.15) is 0 Å². The van der Waals surface area contributed by atoms with Crippen molar-refractivity contribution in [1.82, 2.24) is 20.2 Å². The van der Waals surface area contributed by atoms with Gasteiger partial charge >= 0.3 is 12.1 Å². The molecule has 3 aromatic rings. The average Bonchev–Trinajstić information content (AvgIpc) is 2.82. The number of methoxy groups -OCH3 is 2. The van der Waals surface area contributed by atoms with E-state index in [1.54, 1.807) is 65.7 Å². The molecule has 0 unspecified atom stereocenters. The molecule has 0 aliphatic carbocycles. The van der Waals surface area contributed by atoms with Crippen molar-refractivity contribution in [2.45, 2.75) is 39.5 Å². The lowest BCUT2D eigenvalue weighted by Crippen LogP contribution is -2.32. The Morgan fingerprint density at radius 1 is 1.11 bits per heavy atom. The van der Waals surface area contributed by atoms with Gasteiger partial charge in [0, 0.05) is 42.8 Å². The van der Waals surface area contributed by atoms with Crippen molar-refractivity contribution in [3.05, 3.63) is 54.1 Å². The molecule has 10 heteroatoms. The van der Waals surface area contributed by atoms with E-state index in [9.17, 15) is 9.59 Å². The highest BCUT2D eigenvalue weighted by Crippen LogP contribution is 2.37. The SMILES string of the molecule is COc1cc(OC)c2c(CNC(=O)OC(C)(C)C)ncc(NC(=O)N(C)Cc3cccnc3)c2c1. The maximum Gasteiger partial charge on any atom is 0.407 e. The van der Waals surface area contributed by atoms with Gasteiger partial charge in [0.15, 0.2) is 0 Å². The van der Waals surface area contributed by atoms with Crippen LogP contribution in [-0.4, -0.2) is 53.9 Å². The summed E-state index contributed by atoms with van der Waals surface area (Å²) < 4.78 is 16.3.